The Morgan fingerprint density at radius 1 is 1.50 bits per heavy atom. The Labute approximate surface area is 54.8 Å². The molecule has 0 fully saturated rings. The van der Waals surface area contributed by atoms with Crippen LogP contribution >= 0.6 is 11.8 Å². The van der Waals surface area contributed by atoms with Crippen LogP contribution < -0.4 is 0 Å². The van der Waals surface area contributed by atoms with Crippen LogP contribution in [0, 0.1) is 0 Å². The summed E-state index contributed by atoms with van der Waals surface area (Å²) in [4.78, 5) is 9.73. The maximum atomic E-state index is 9.73. The van der Waals surface area contributed by atoms with Gasteiger partial charge in [0.1, 0.15) is 0 Å². The van der Waals surface area contributed by atoms with Gasteiger partial charge in [0.15, 0.2) is 5.62 Å². The second kappa shape index (κ2) is 7.02. The molecule has 0 aliphatic heterocycles. The largest absolute Gasteiger partial charge is 0.291 e. The van der Waals surface area contributed by atoms with Crippen molar-refractivity contribution in [2.45, 2.75) is 26.2 Å². The summed E-state index contributed by atoms with van der Waals surface area (Å²) in [5.41, 5.74) is 0.912. The number of rotatable bonds is 5. The van der Waals surface area contributed by atoms with Crippen LogP contribution in [0.4, 0.5) is 0 Å². The van der Waals surface area contributed by atoms with E-state index in [1.165, 1.54) is 31.0 Å². The predicted octanol–water partition coefficient (Wildman–Crippen LogP) is 2.10. The van der Waals surface area contributed by atoms with Crippen LogP contribution in [0.25, 0.3) is 0 Å². The van der Waals surface area contributed by atoms with Crippen molar-refractivity contribution in [3.05, 3.63) is 0 Å². The molecule has 0 saturated heterocycles. The van der Waals surface area contributed by atoms with Gasteiger partial charge in [0.05, 0.1) is 0 Å². The van der Waals surface area contributed by atoms with E-state index < -0.39 is 0 Å². The summed E-state index contributed by atoms with van der Waals surface area (Å²) in [6, 6.07) is 0. The van der Waals surface area contributed by atoms with Gasteiger partial charge >= 0.3 is 0 Å². The molecule has 0 saturated carbocycles. The quantitative estimate of drug-likeness (QED) is 0.421. The molecule has 48 valence electrons. The Balaban J connectivity index is 2.62. The van der Waals surface area contributed by atoms with E-state index in [1.54, 1.807) is 0 Å². The summed E-state index contributed by atoms with van der Waals surface area (Å²) in [5.74, 6) is 0.997. The fourth-order valence-corrected chi connectivity index (χ4v) is 0.951. The molecular formula is C6H12OS. The van der Waals surface area contributed by atoms with Crippen LogP contribution in [0.15, 0.2) is 0 Å². The van der Waals surface area contributed by atoms with Crippen molar-refractivity contribution in [1.82, 2.24) is 0 Å². The topological polar surface area (TPSA) is 17.1 Å². The predicted molar refractivity (Wildman–Crippen MR) is 38.7 cm³/mol. The summed E-state index contributed by atoms with van der Waals surface area (Å²) < 4.78 is 0. The second-order valence-corrected chi connectivity index (χ2v) is 2.61. The first-order valence-corrected chi connectivity index (χ1v) is 4.02. The van der Waals surface area contributed by atoms with Gasteiger partial charge in [0.2, 0.25) is 0 Å². The van der Waals surface area contributed by atoms with Gasteiger partial charge in [-0.1, -0.05) is 31.5 Å². The Hall–Kier alpha value is 0.0200. The molecule has 0 N–H and O–H groups in total. The zero-order valence-corrected chi connectivity index (χ0v) is 6.04. The maximum absolute atomic E-state index is 9.73. The van der Waals surface area contributed by atoms with E-state index in [0.29, 0.717) is 0 Å². The van der Waals surface area contributed by atoms with Crippen molar-refractivity contribution in [1.29, 1.82) is 0 Å². The van der Waals surface area contributed by atoms with Crippen molar-refractivity contribution in [3.8, 4) is 0 Å². The molecule has 0 amide bonds. The van der Waals surface area contributed by atoms with E-state index in [4.69, 9.17) is 0 Å². The van der Waals surface area contributed by atoms with E-state index in [2.05, 4.69) is 6.92 Å². The SMILES string of the molecule is CCCCCSC=O. The van der Waals surface area contributed by atoms with Crippen molar-refractivity contribution >= 4 is 17.4 Å². The van der Waals surface area contributed by atoms with Crippen LogP contribution in [-0.4, -0.2) is 11.4 Å². The molecule has 0 aromatic rings. The fourth-order valence-electron chi connectivity index (χ4n) is 0.484. The second-order valence-electron chi connectivity index (χ2n) is 1.67. The van der Waals surface area contributed by atoms with Crippen LogP contribution in [0.3, 0.4) is 0 Å². The monoisotopic (exact) mass is 132 g/mol. The number of hydrogen-bond acceptors (Lipinski definition) is 2. The molecule has 0 heterocycles. The normalized spacial score (nSPS) is 9.12. The van der Waals surface area contributed by atoms with Crippen molar-refractivity contribution in [2.24, 2.45) is 0 Å². The lowest BCUT2D eigenvalue weighted by atomic mass is 10.3. The van der Waals surface area contributed by atoms with Gasteiger partial charge in [0.25, 0.3) is 0 Å². The lowest BCUT2D eigenvalue weighted by molar-refractivity contribution is 0.570. The lowest BCUT2D eigenvalue weighted by Gasteiger charge is -1.90. The average Bonchev–Trinajstić information content (AvgIpc) is 1.81. The third-order valence-electron chi connectivity index (χ3n) is 0.934. The Morgan fingerprint density at radius 3 is 2.75 bits per heavy atom. The third-order valence-corrected chi connectivity index (χ3v) is 1.59. The van der Waals surface area contributed by atoms with Crippen molar-refractivity contribution in [3.63, 3.8) is 0 Å². The number of hydrogen-bond donors (Lipinski definition) is 0. The minimum Gasteiger partial charge on any atom is -0.291 e. The summed E-state index contributed by atoms with van der Waals surface area (Å²) in [5, 5.41) is 0. The molecule has 0 unspecified atom stereocenters. The molecule has 0 atom stereocenters. The highest BCUT2D eigenvalue weighted by atomic mass is 32.2. The highest BCUT2D eigenvalue weighted by molar-refractivity contribution is 8.11. The van der Waals surface area contributed by atoms with E-state index in [9.17, 15) is 4.79 Å². The van der Waals surface area contributed by atoms with Crippen LogP contribution in [-0.2, 0) is 4.79 Å². The zero-order valence-electron chi connectivity index (χ0n) is 5.22. The van der Waals surface area contributed by atoms with E-state index in [1.807, 2.05) is 0 Å². The van der Waals surface area contributed by atoms with Gasteiger partial charge < -0.3 is 0 Å². The summed E-state index contributed by atoms with van der Waals surface area (Å²) in [7, 11) is 0. The third kappa shape index (κ3) is 6.02. The van der Waals surface area contributed by atoms with Gasteiger partial charge in [-0.3, -0.25) is 4.79 Å². The number of thioether (sulfide) groups is 1. The zero-order chi connectivity index (χ0) is 6.24. The molecule has 0 radical (unpaired) electrons. The first-order chi connectivity index (χ1) is 3.91. The van der Waals surface area contributed by atoms with Crippen molar-refractivity contribution in [2.75, 3.05) is 5.75 Å². The molecule has 0 aliphatic rings. The molecule has 0 rings (SSSR count). The van der Waals surface area contributed by atoms with E-state index in [0.717, 1.165) is 11.4 Å². The highest BCUT2D eigenvalue weighted by Crippen LogP contribution is 2.01. The molecule has 0 aromatic heterocycles. The summed E-state index contributed by atoms with van der Waals surface area (Å²) in [6.07, 6.45) is 3.67. The molecule has 8 heavy (non-hydrogen) atoms. The molecule has 0 spiro atoms. The standard InChI is InChI=1S/C6H12OS/c1-2-3-4-5-8-6-7/h6H,2-5H2,1H3. The first-order valence-electron chi connectivity index (χ1n) is 2.97. The van der Waals surface area contributed by atoms with E-state index >= 15 is 0 Å². The van der Waals surface area contributed by atoms with E-state index in [-0.39, 0.29) is 0 Å². The molecule has 0 aliphatic carbocycles. The summed E-state index contributed by atoms with van der Waals surface area (Å²) >= 11 is 1.37. The maximum Gasteiger partial charge on any atom is 0.176 e. The van der Waals surface area contributed by atoms with Gasteiger partial charge in [-0.15, -0.1) is 0 Å². The van der Waals surface area contributed by atoms with Gasteiger partial charge in [-0.25, -0.2) is 0 Å². The minimum atomic E-state index is 0.912. The minimum absolute atomic E-state index is 0.912. The van der Waals surface area contributed by atoms with Crippen LogP contribution in [0.5, 0.6) is 0 Å². The molecule has 1 nitrogen and oxygen atoms in total. The fraction of sp³-hybridized carbons (Fsp3) is 0.833. The molecular weight excluding hydrogens is 120 g/mol. The van der Waals surface area contributed by atoms with Gasteiger partial charge in [-0.2, -0.15) is 0 Å². The van der Waals surface area contributed by atoms with Crippen LogP contribution in [0.1, 0.15) is 26.2 Å². The lowest BCUT2D eigenvalue weighted by Crippen LogP contribution is -1.77. The number of unbranched alkanes of at least 4 members (excludes halogenated alkanes) is 2. The smallest absolute Gasteiger partial charge is 0.176 e. The van der Waals surface area contributed by atoms with Gasteiger partial charge in [0, 0.05) is 5.75 Å². The molecule has 0 aromatic carbocycles. The van der Waals surface area contributed by atoms with Crippen molar-refractivity contribution < 1.29 is 4.79 Å². The van der Waals surface area contributed by atoms with Crippen LogP contribution in [0.2, 0.25) is 0 Å². The Morgan fingerprint density at radius 2 is 2.25 bits per heavy atom. The Kier molecular flexibility index (Phi) is 7.04. The Bertz CT molecular complexity index is 54.5. The molecule has 0 bridgehead atoms. The first kappa shape index (κ1) is 8.02. The summed E-state index contributed by atoms with van der Waals surface area (Å²) in [6.45, 7) is 2.16. The highest BCUT2D eigenvalue weighted by Gasteiger charge is 1.83. The number of carbonyl (C=O) groups excluding carboxylic acids is 1. The number of carbonyl (C=O) groups is 1. The molecule has 2 heteroatoms. The van der Waals surface area contributed by atoms with Gasteiger partial charge in [-0.05, 0) is 6.42 Å². The average molecular weight is 132 g/mol.